The van der Waals surface area contributed by atoms with E-state index in [9.17, 15) is 24.9 Å². The van der Waals surface area contributed by atoms with Gasteiger partial charge in [0.25, 0.3) is 5.56 Å². The van der Waals surface area contributed by atoms with E-state index >= 15 is 0 Å². The lowest BCUT2D eigenvalue weighted by Crippen LogP contribution is -2.44. The molecular formula is C20H28N4O8S. The van der Waals surface area contributed by atoms with Gasteiger partial charge in [0.15, 0.2) is 12.5 Å². The van der Waals surface area contributed by atoms with Crippen molar-refractivity contribution in [1.29, 1.82) is 0 Å². The number of aliphatic hydroxyl groups excluding tert-OH is 3. The zero-order valence-electron chi connectivity index (χ0n) is 17.6. The van der Waals surface area contributed by atoms with Crippen LogP contribution < -0.4 is 22.3 Å². The third kappa shape index (κ3) is 5.42. The maximum Gasteiger partial charge on any atom is 0.330 e. The molecule has 0 bridgehead atoms. The number of aromatic amines is 1. The van der Waals surface area contributed by atoms with Crippen LogP contribution in [0.4, 0.5) is 0 Å². The summed E-state index contributed by atoms with van der Waals surface area (Å²) in [6, 6.07) is 5.09. The molecule has 2 aromatic heterocycles. The summed E-state index contributed by atoms with van der Waals surface area (Å²) < 4.78 is 18.6. The van der Waals surface area contributed by atoms with Gasteiger partial charge in [-0.3, -0.25) is 14.3 Å². The van der Waals surface area contributed by atoms with Crippen LogP contribution in [-0.2, 0) is 20.8 Å². The molecule has 0 aliphatic carbocycles. The Labute approximate surface area is 192 Å². The van der Waals surface area contributed by atoms with Crippen LogP contribution in [0.2, 0.25) is 0 Å². The van der Waals surface area contributed by atoms with E-state index in [-0.39, 0.29) is 19.5 Å². The fourth-order valence-corrected chi connectivity index (χ4v) is 4.68. The first kappa shape index (κ1) is 24.2. The van der Waals surface area contributed by atoms with Gasteiger partial charge >= 0.3 is 5.69 Å². The fourth-order valence-electron chi connectivity index (χ4n) is 4.01. The van der Waals surface area contributed by atoms with Gasteiger partial charge in [-0.15, -0.1) is 11.3 Å². The number of nitrogens with zero attached hydrogens (tertiary/aromatic N) is 1. The summed E-state index contributed by atoms with van der Waals surface area (Å²) in [5.74, 6) is 0. The van der Waals surface area contributed by atoms with Crippen molar-refractivity contribution < 1.29 is 29.5 Å². The maximum absolute atomic E-state index is 12.2. The molecule has 0 amide bonds. The first-order valence-electron chi connectivity index (χ1n) is 10.6. The molecule has 13 heteroatoms. The van der Waals surface area contributed by atoms with E-state index < -0.39 is 60.4 Å². The number of hydrogen-bond acceptors (Lipinski definition) is 11. The number of H-pyrrole nitrogens is 1. The number of aliphatic hydroxyl groups is 3. The van der Waals surface area contributed by atoms with Gasteiger partial charge in [-0.2, -0.15) is 0 Å². The number of ether oxygens (including phenoxy) is 3. The zero-order valence-corrected chi connectivity index (χ0v) is 18.5. The molecule has 2 aliphatic rings. The van der Waals surface area contributed by atoms with Gasteiger partial charge in [-0.1, -0.05) is 6.07 Å². The van der Waals surface area contributed by atoms with Crippen molar-refractivity contribution in [3.05, 3.63) is 55.5 Å². The first-order valence-corrected chi connectivity index (χ1v) is 11.5. The Bertz CT molecular complexity index is 1010. The molecule has 33 heavy (non-hydrogen) atoms. The van der Waals surface area contributed by atoms with E-state index in [1.807, 2.05) is 17.5 Å². The summed E-state index contributed by atoms with van der Waals surface area (Å²) in [6.07, 6.45) is -6.47. The number of aromatic nitrogens is 2. The fraction of sp³-hybridized carbons (Fsp3) is 0.600. The van der Waals surface area contributed by atoms with Crippen molar-refractivity contribution in [2.24, 2.45) is 5.73 Å². The van der Waals surface area contributed by atoms with E-state index in [0.29, 0.717) is 6.54 Å². The third-order valence-electron chi connectivity index (χ3n) is 5.74. The molecule has 4 rings (SSSR count). The Kier molecular flexibility index (Phi) is 7.73. The molecule has 182 valence electrons. The van der Waals surface area contributed by atoms with E-state index in [1.165, 1.54) is 12.3 Å². The highest BCUT2D eigenvalue weighted by molar-refractivity contribution is 7.09. The summed E-state index contributed by atoms with van der Waals surface area (Å²) >= 11 is 1.59. The van der Waals surface area contributed by atoms with Gasteiger partial charge in [-0.25, -0.2) is 4.79 Å². The van der Waals surface area contributed by atoms with Crippen molar-refractivity contribution in [2.45, 2.75) is 62.1 Å². The molecule has 2 aliphatic heterocycles. The first-order chi connectivity index (χ1) is 15.9. The van der Waals surface area contributed by atoms with E-state index in [0.717, 1.165) is 9.44 Å². The van der Waals surface area contributed by atoms with Gasteiger partial charge < -0.3 is 40.6 Å². The molecule has 7 N–H and O–H groups in total. The Morgan fingerprint density at radius 3 is 2.76 bits per heavy atom. The number of hydrogen-bond donors (Lipinski definition) is 6. The second-order valence-electron chi connectivity index (χ2n) is 8.03. The van der Waals surface area contributed by atoms with Crippen molar-refractivity contribution in [2.75, 3.05) is 13.1 Å². The standard InChI is InChI=1S/C20H28N4O8S/c21-7-13-16(27)17(28)19(31-13)32-14(9-22-8-10-2-1-5-33-10)12-6-11(25)18(30-12)24-4-3-15(26)23-20(24)29/h1-5,11-14,16-19,22,25,27-28H,6-9,21H2,(H,23,26,29)/t11-,12+,13-,14+,16-,17-,18-,19+/m1/s1. The Morgan fingerprint density at radius 1 is 1.27 bits per heavy atom. The van der Waals surface area contributed by atoms with Gasteiger partial charge in [0, 0.05) is 43.2 Å². The molecular weight excluding hydrogens is 456 g/mol. The van der Waals surface area contributed by atoms with Crippen LogP contribution in [0.25, 0.3) is 0 Å². The summed E-state index contributed by atoms with van der Waals surface area (Å²) in [5, 5.41) is 36.2. The van der Waals surface area contributed by atoms with Crippen molar-refractivity contribution in [3.63, 3.8) is 0 Å². The van der Waals surface area contributed by atoms with E-state index in [2.05, 4.69) is 10.3 Å². The van der Waals surface area contributed by atoms with Crippen LogP contribution in [0.15, 0.2) is 39.4 Å². The number of rotatable bonds is 9. The number of nitrogens with two attached hydrogens (primary N) is 1. The number of nitrogens with one attached hydrogen (secondary N) is 2. The monoisotopic (exact) mass is 484 g/mol. The molecule has 0 spiro atoms. The molecule has 4 heterocycles. The normalized spacial score (nSPS) is 32.9. The molecule has 2 fully saturated rings. The predicted molar refractivity (Wildman–Crippen MR) is 116 cm³/mol. The van der Waals surface area contributed by atoms with Gasteiger partial charge in [0.05, 0.1) is 12.2 Å². The lowest BCUT2D eigenvalue weighted by Gasteiger charge is -2.28. The highest BCUT2D eigenvalue weighted by atomic mass is 32.1. The minimum Gasteiger partial charge on any atom is -0.388 e. The van der Waals surface area contributed by atoms with Crippen LogP contribution >= 0.6 is 11.3 Å². The molecule has 0 saturated carbocycles. The van der Waals surface area contributed by atoms with Crippen molar-refractivity contribution in [3.8, 4) is 0 Å². The molecule has 2 aromatic rings. The van der Waals surface area contributed by atoms with E-state index in [4.69, 9.17) is 19.9 Å². The SMILES string of the molecule is NC[C@H]1O[C@@H](O[C@@H](CNCc2cccs2)[C@@H]2C[C@@H](O)[C@H](n3ccc(=O)[nH]c3=O)O2)[C@H](O)[C@@H]1O. The van der Waals surface area contributed by atoms with Crippen LogP contribution in [0, 0.1) is 0 Å². The quantitative estimate of drug-likeness (QED) is 0.229. The Morgan fingerprint density at radius 2 is 2.09 bits per heavy atom. The van der Waals surface area contributed by atoms with Crippen LogP contribution in [0.5, 0.6) is 0 Å². The molecule has 2 saturated heterocycles. The zero-order chi connectivity index (χ0) is 23.5. The summed E-state index contributed by atoms with van der Waals surface area (Å²) in [6.45, 7) is 0.853. The largest absolute Gasteiger partial charge is 0.388 e. The summed E-state index contributed by atoms with van der Waals surface area (Å²) in [7, 11) is 0. The minimum absolute atomic E-state index is 0.00915. The molecule has 0 radical (unpaired) electrons. The van der Waals surface area contributed by atoms with E-state index in [1.54, 1.807) is 11.3 Å². The molecule has 8 atom stereocenters. The van der Waals surface area contributed by atoms with Gasteiger partial charge in [0.1, 0.15) is 24.4 Å². The second kappa shape index (κ2) is 10.5. The maximum atomic E-state index is 12.2. The predicted octanol–water partition coefficient (Wildman–Crippen LogP) is -2.17. The van der Waals surface area contributed by atoms with Crippen LogP contribution in [0.1, 0.15) is 17.5 Å². The third-order valence-corrected chi connectivity index (χ3v) is 6.62. The minimum atomic E-state index is -1.30. The molecule has 0 aromatic carbocycles. The Balaban J connectivity index is 1.48. The van der Waals surface area contributed by atoms with Crippen LogP contribution in [-0.4, -0.2) is 80.9 Å². The van der Waals surface area contributed by atoms with Crippen LogP contribution in [0.3, 0.4) is 0 Å². The van der Waals surface area contributed by atoms with Crippen molar-refractivity contribution >= 4 is 11.3 Å². The highest BCUT2D eigenvalue weighted by Crippen LogP contribution is 2.32. The lowest BCUT2D eigenvalue weighted by atomic mass is 10.1. The summed E-state index contributed by atoms with van der Waals surface area (Å²) in [5.41, 5.74) is 4.32. The van der Waals surface area contributed by atoms with Crippen molar-refractivity contribution in [1.82, 2.24) is 14.9 Å². The average Bonchev–Trinajstić information content (AvgIpc) is 3.50. The van der Waals surface area contributed by atoms with Gasteiger partial charge in [-0.05, 0) is 11.4 Å². The second-order valence-corrected chi connectivity index (χ2v) is 9.06. The lowest BCUT2D eigenvalue weighted by molar-refractivity contribution is -0.213. The average molecular weight is 485 g/mol. The molecule has 12 nitrogen and oxygen atoms in total. The van der Waals surface area contributed by atoms with Gasteiger partial charge in [0.2, 0.25) is 0 Å². The topological polar surface area (TPSA) is 181 Å². The highest BCUT2D eigenvalue weighted by Gasteiger charge is 2.46. The summed E-state index contributed by atoms with van der Waals surface area (Å²) in [4.78, 5) is 26.8. The molecule has 0 unspecified atom stereocenters. The number of thiophene rings is 1. The smallest absolute Gasteiger partial charge is 0.330 e. The Hall–Kier alpha value is -1.94.